The van der Waals surface area contributed by atoms with Gasteiger partial charge in [-0.2, -0.15) is 5.10 Å². The molecule has 3 amide bonds. The molecule has 2 atom stereocenters. The summed E-state index contributed by atoms with van der Waals surface area (Å²) in [7, 11) is 1.63. The summed E-state index contributed by atoms with van der Waals surface area (Å²) in [5, 5.41) is 8.60. The minimum Gasteiger partial charge on any atom is -0.374 e. The van der Waals surface area contributed by atoms with E-state index in [0.29, 0.717) is 19.4 Å². The molecule has 1 fully saturated rings. The summed E-state index contributed by atoms with van der Waals surface area (Å²) in [6, 6.07) is 14.2. The molecular weight excluding hydrogens is 472 g/mol. The third kappa shape index (κ3) is 5.86. The van der Waals surface area contributed by atoms with E-state index in [4.69, 9.17) is 10.5 Å². The normalized spacial score (nSPS) is 20.3. The third-order valence-electron chi connectivity index (χ3n) is 6.71. The van der Waals surface area contributed by atoms with Crippen molar-refractivity contribution in [3.05, 3.63) is 66.0 Å². The van der Waals surface area contributed by atoms with E-state index in [-0.39, 0.29) is 31.6 Å². The van der Waals surface area contributed by atoms with Crippen LogP contribution < -0.4 is 11.1 Å². The number of aromatic nitrogens is 1. The number of ether oxygens (including phenoxy) is 1. The fourth-order valence-electron chi connectivity index (χ4n) is 4.69. The first kappa shape index (κ1) is 26.4. The minimum atomic E-state index is -1.18. The summed E-state index contributed by atoms with van der Waals surface area (Å²) in [4.78, 5) is 45.9. The van der Waals surface area contributed by atoms with Crippen molar-refractivity contribution in [3.8, 4) is 0 Å². The van der Waals surface area contributed by atoms with Gasteiger partial charge in [0, 0.05) is 44.9 Å². The zero-order valence-electron chi connectivity index (χ0n) is 21.5. The fourth-order valence-corrected chi connectivity index (χ4v) is 4.69. The molecule has 0 saturated carbocycles. The van der Waals surface area contributed by atoms with Crippen LogP contribution in [0.5, 0.6) is 0 Å². The van der Waals surface area contributed by atoms with E-state index >= 15 is 0 Å². The highest BCUT2D eigenvalue weighted by Gasteiger charge is 2.54. The number of benzene rings is 1. The number of fused-ring (bicyclic) bond motifs is 1. The molecule has 2 aromatic rings. The SMILES string of the molecule is CN1N=C2CCN(C(=O)C(COCc3ccccc3)NC(=O)C(C)(C)N)CC2(Cc2ccccn2)C1=O. The molecule has 3 heterocycles. The first-order valence-corrected chi connectivity index (χ1v) is 12.4. The Kier molecular flexibility index (Phi) is 7.70. The van der Waals surface area contributed by atoms with Crippen molar-refractivity contribution in [1.82, 2.24) is 20.2 Å². The van der Waals surface area contributed by atoms with Crippen LogP contribution in [-0.4, -0.2) is 76.7 Å². The number of carbonyl (C=O) groups excluding carboxylic acids is 3. The van der Waals surface area contributed by atoms with Crippen LogP contribution in [0.1, 0.15) is 31.5 Å². The second-order valence-electron chi connectivity index (χ2n) is 10.2. The molecule has 1 aromatic carbocycles. The molecule has 196 valence electrons. The van der Waals surface area contributed by atoms with Gasteiger partial charge in [0.25, 0.3) is 5.91 Å². The predicted octanol–water partition coefficient (Wildman–Crippen LogP) is 1.11. The smallest absolute Gasteiger partial charge is 0.256 e. The van der Waals surface area contributed by atoms with Gasteiger partial charge in [0.05, 0.1) is 24.5 Å². The lowest BCUT2D eigenvalue weighted by atomic mass is 9.74. The van der Waals surface area contributed by atoms with Gasteiger partial charge in [-0.25, -0.2) is 5.01 Å². The Morgan fingerprint density at radius 2 is 1.92 bits per heavy atom. The van der Waals surface area contributed by atoms with Crippen molar-refractivity contribution >= 4 is 23.4 Å². The summed E-state index contributed by atoms with van der Waals surface area (Å²) in [6.07, 6.45) is 2.46. The highest BCUT2D eigenvalue weighted by molar-refractivity contribution is 6.13. The highest BCUT2D eigenvalue weighted by atomic mass is 16.5. The number of likely N-dealkylation sites (tertiary alicyclic amines) is 1. The standard InChI is InChI=1S/C27H34N6O4/c1-26(2,28)24(35)30-21(17-37-16-19-9-5-4-6-10-19)23(34)33-14-12-22-27(18-33,25(36)32(3)31-22)15-20-11-7-8-13-29-20/h4-11,13,21H,12,14-18,28H2,1-3H3,(H,30,35). The zero-order chi connectivity index (χ0) is 26.6. The number of pyridine rings is 1. The number of carbonyl (C=O) groups is 3. The maximum atomic E-state index is 13.8. The number of amides is 3. The van der Waals surface area contributed by atoms with Crippen molar-refractivity contribution in [2.24, 2.45) is 16.3 Å². The highest BCUT2D eigenvalue weighted by Crippen LogP contribution is 2.38. The van der Waals surface area contributed by atoms with Crippen LogP contribution in [0.4, 0.5) is 0 Å². The predicted molar refractivity (Wildman–Crippen MR) is 138 cm³/mol. The fraction of sp³-hybridized carbons (Fsp3) is 0.444. The molecule has 3 N–H and O–H groups in total. The molecule has 0 aliphatic carbocycles. The number of hydrogen-bond acceptors (Lipinski definition) is 7. The summed E-state index contributed by atoms with van der Waals surface area (Å²) in [5.41, 5.74) is 6.26. The maximum Gasteiger partial charge on any atom is 0.256 e. The van der Waals surface area contributed by atoms with Gasteiger partial charge in [0.1, 0.15) is 11.5 Å². The molecule has 0 radical (unpaired) electrons. The molecule has 2 unspecified atom stereocenters. The van der Waals surface area contributed by atoms with Gasteiger partial charge in [-0.3, -0.25) is 19.4 Å². The number of rotatable bonds is 9. The lowest BCUT2D eigenvalue weighted by molar-refractivity contribution is -0.143. The van der Waals surface area contributed by atoms with E-state index in [2.05, 4.69) is 15.4 Å². The van der Waals surface area contributed by atoms with Gasteiger partial charge in [-0.15, -0.1) is 0 Å². The van der Waals surface area contributed by atoms with Crippen LogP contribution in [0.25, 0.3) is 0 Å². The molecule has 0 bridgehead atoms. The van der Waals surface area contributed by atoms with Gasteiger partial charge in [0.15, 0.2) is 0 Å². The van der Waals surface area contributed by atoms with Gasteiger partial charge in [-0.05, 0) is 31.5 Å². The van der Waals surface area contributed by atoms with E-state index in [9.17, 15) is 14.4 Å². The van der Waals surface area contributed by atoms with E-state index in [1.165, 1.54) is 5.01 Å². The Morgan fingerprint density at radius 3 is 2.59 bits per heavy atom. The molecule has 2 aliphatic heterocycles. The van der Waals surface area contributed by atoms with Crippen molar-refractivity contribution < 1.29 is 19.1 Å². The Balaban J connectivity index is 1.54. The molecule has 10 heteroatoms. The number of nitrogens with two attached hydrogens (primary N) is 1. The topological polar surface area (TPSA) is 130 Å². The quantitative estimate of drug-likeness (QED) is 0.524. The molecule has 1 saturated heterocycles. The number of nitrogens with one attached hydrogen (secondary N) is 1. The van der Waals surface area contributed by atoms with Crippen LogP contribution >= 0.6 is 0 Å². The maximum absolute atomic E-state index is 13.8. The van der Waals surface area contributed by atoms with Crippen LogP contribution in [0.15, 0.2) is 59.8 Å². The van der Waals surface area contributed by atoms with Crippen molar-refractivity contribution in [1.29, 1.82) is 0 Å². The first-order valence-electron chi connectivity index (χ1n) is 12.4. The number of piperidine rings is 1. The minimum absolute atomic E-state index is 0.0336. The van der Waals surface area contributed by atoms with Gasteiger partial charge < -0.3 is 20.7 Å². The zero-order valence-corrected chi connectivity index (χ0v) is 21.5. The third-order valence-corrected chi connectivity index (χ3v) is 6.71. The van der Waals surface area contributed by atoms with Crippen molar-refractivity contribution in [3.63, 3.8) is 0 Å². The Bertz CT molecular complexity index is 1160. The number of hydrogen-bond donors (Lipinski definition) is 2. The molecule has 37 heavy (non-hydrogen) atoms. The van der Waals surface area contributed by atoms with Gasteiger partial charge in [-0.1, -0.05) is 36.4 Å². The second kappa shape index (κ2) is 10.8. The molecule has 1 aromatic heterocycles. The van der Waals surface area contributed by atoms with Crippen LogP contribution in [-0.2, 0) is 32.1 Å². The lowest BCUT2D eigenvalue weighted by Gasteiger charge is -2.40. The van der Waals surface area contributed by atoms with E-state index in [1.807, 2.05) is 48.5 Å². The van der Waals surface area contributed by atoms with E-state index < -0.39 is 22.9 Å². The average molecular weight is 507 g/mol. The van der Waals surface area contributed by atoms with Gasteiger partial charge >= 0.3 is 0 Å². The van der Waals surface area contributed by atoms with E-state index in [0.717, 1.165) is 17.0 Å². The van der Waals surface area contributed by atoms with Crippen LogP contribution in [0.3, 0.4) is 0 Å². The average Bonchev–Trinajstić information content (AvgIpc) is 3.12. The summed E-state index contributed by atoms with van der Waals surface area (Å²) < 4.78 is 5.84. The largest absolute Gasteiger partial charge is 0.374 e. The molecule has 0 spiro atoms. The van der Waals surface area contributed by atoms with Crippen molar-refractivity contribution in [2.45, 2.75) is 44.9 Å². The molecule has 4 rings (SSSR count). The lowest BCUT2D eigenvalue weighted by Crippen LogP contribution is -2.61. The van der Waals surface area contributed by atoms with Crippen LogP contribution in [0.2, 0.25) is 0 Å². The number of nitrogens with zero attached hydrogens (tertiary/aromatic N) is 4. The summed E-state index contributed by atoms with van der Waals surface area (Å²) in [6.45, 7) is 3.92. The monoisotopic (exact) mass is 506 g/mol. The number of hydrazone groups is 1. The molecule has 2 aliphatic rings. The molecular formula is C27H34N6O4. The molecule has 10 nitrogen and oxygen atoms in total. The Labute approximate surface area is 216 Å². The Morgan fingerprint density at radius 1 is 1.19 bits per heavy atom. The first-order chi connectivity index (χ1) is 17.6. The van der Waals surface area contributed by atoms with Crippen LogP contribution in [0, 0.1) is 5.41 Å². The van der Waals surface area contributed by atoms with Crippen molar-refractivity contribution in [2.75, 3.05) is 26.7 Å². The summed E-state index contributed by atoms with van der Waals surface area (Å²) in [5.74, 6) is -0.963. The van der Waals surface area contributed by atoms with E-state index in [1.54, 1.807) is 32.0 Å². The summed E-state index contributed by atoms with van der Waals surface area (Å²) >= 11 is 0. The van der Waals surface area contributed by atoms with Gasteiger partial charge in [0.2, 0.25) is 11.8 Å². The second-order valence-corrected chi connectivity index (χ2v) is 10.2. The Hall–Kier alpha value is -3.63.